The van der Waals surface area contributed by atoms with Gasteiger partial charge in [0.05, 0.1) is 0 Å². The van der Waals surface area contributed by atoms with Crippen LogP contribution in [0.3, 0.4) is 0 Å². The Hall–Kier alpha value is -1.35. The molecule has 0 radical (unpaired) electrons. The summed E-state index contributed by atoms with van der Waals surface area (Å²) in [5.74, 6) is 0.0669. The minimum absolute atomic E-state index is 0.0896. The summed E-state index contributed by atoms with van der Waals surface area (Å²) in [6.07, 6.45) is 3.97. The monoisotopic (exact) mass is 261 g/mol. The molecule has 2 N–H and O–H groups in total. The number of aliphatic carboxylic acids is 1. The Morgan fingerprint density at radius 1 is 1.32 bits per heavy atom. The van der Waals surface area contributed by atoms with Crippen LogP contribution in [0.15, 0.2) is 24.3 Å². The van der Waals surface area contributed by atoms with E-state index in [1.807, 2.05) is 13.8 Å². The first-order chi connectivity index (χ1) is 9.08. The van der Waals surface area contributed by atoms with Crippen molar-refractivity contribution in [1.29, 1.82) is 0 Å². The molecule has 3 heteroatoms. The van der Waals surface area contributed by atoms with E-state index in [1.54, 1.807) is 0 Å². The topological polar surface area (TPSA) is 49.3 Å². The maximum atomic E-state index is 11.1. The van der Waals surface area contributed by atoms with Gasteiger partial charge in [0.15, 0.2) is 0 Å². The van der Waals surface area contributed by atoms with Gasteiger partial charge in [0.25, 0.3) is 0 Å². The molecule has 1 saturated carbocycles. The smallest absolute Gasteiger partial charge is 0.320 e. The molecule has 0 heterocycles. The third-order valence-corrected chi connectivity index (χ3v) is 4.02. The van der Waals surface area contributed by atoms with E-state index in [1.165, 1.54) is 24.8 Å². The summed E-state index contributed by atoms with van der Waals surface area (Å²) < 4.78 is 0. The fraction of sp³-hybridized carbons (Fsp3) is 0.562. The van der Waals surface area contributed by atoms with Crippen molar-refractivity contribution in [3.8, 4) is 0 Å². The summed E-state index contributed by atoms with van der Waals surface area (Å²) in [7, 11) is 0. The van der Waals surface area contributed by atoms with Gasteiger partial charge >= 0.3 is 5.97 Å². The van der Waals surface area contributed by atoms with E-state index in [-0.39, 0.29) is 5.92 Å². The molecule has 2 rings (SSSR count). The van der Waals surface area contributed by atoms with Crippen molar-refractivity contribution in [2.24, 2.45) is 5.92 Å². The summed E-state index contributed by atoms with van der Waals surface area (Å²) in [5.41, 5.74) is 2.57. The van der Waals surface area contributed by atoms with E-state index in [4.69, 9.17) is 5.11 Å². The summed E-state index contributed by atoms with van der Waals surface area (Å²) in [6.45, 7) is 4.46. The fourth-order valence-corrected chi connectivity index (χ4v) is 2.49. The first-order valence-corrected chi connectivity index (χ1v) is 7.13. The predicted molar refractivity (Wildman–Crippen MR) is 76.1 cm³/mol. The van der Waals surface area contributed by atoms with Gasteiger partial charge in [-0.05, 0) is 35.8 Å². The molecule has 0 amide bonds. The highest BCUT2D eigenvalue weighted by Crippen LogP contribution is 2.36. The van der Waals surface area contributed by atoms with E-state index < -0.39 is 12.0 Å². The van der Waals surface area contributed by atoms with Crippen LogP contribution in [0.5, 0.6) is 0 Å². The second-order valence-electron chi connectivity index (χ2n) is 5.81. The molecule has 0 aromatic heterocycles. The maximum absolute atomic E-state index is 11.1. The molecular weight excluding hydrogens is 238 g/mol. The lowest BCUT2D eigenvalue weighted by molar-refractivity contribution is -0.140. The van der Waals surface area contributed by atoms with Crippen molar-refractivity contribution in [2.45, 2.75) is 51.6 Å². The Kier molecular flexibility index (Phi) is 4.59. The van der Waals surface area contributed by atoms with Gasteiger partial charge < -0.3 is 10.4 Å². The molecule has 3 nitrogen and oxygen atoms in total. The zero-order valence-corrected chi connectivity index (χ0v) is 11.7. The molecular formula is C16H23NO2. The van der Waals surface area contributed by atoms with E-state index in [0.717, 1.165) is 11.5 Å². The van der Waals surface area contributed by atoms with Crippen LogP contribution in [0.25, 0.3) is 0 Å². The first-order valence-electron chi connectivity index (χ1n) is 7.13. The minimum atomic E-state index is -0.777. The van der Waals surface area contributed by atoms with Gasteiger partial charge in [-0.1, -0.05) is 44.5 Å². The Morgan fingerprint density at radius 3 is 2.37 bits per heavy atom. The van der Waals surface area contributed by atoms with Gasteiger partial charge in [-0.2, -0.15) is 0 Å². The van der Waals surface area contributed by atoms with Crippen LogP contribution in [-0.2, 0) is 11.3 Å². The van der Waals surface area contributed by atoms with Crippen LogP contribution < -0.4 is 5.32 Å². The Bertz CT molecular complexity index is 421. The number of benzene rings is 1. The SMILES string of the molecule is CC(C)[C@@H](NCc1ccc(C2CCC2)cc1)C(=O)O. The van der Waals surface area contributed by atoms with Crippen molar-refractivity contribution in [2.75, 3.05) is 0 Å². The quantitative estimate of drug-likeness (QED) is 0.827. The summed E-state index contributed by atoms with van der Waals surface area (Å²) in [6, 6.07) is 8.11. The summed E-state index contributed by atoms with van der Waals surface area (Å²) >= 11 is 0. The average Bonchev–Trinajstić information content (AvgIpc) is 2.28. The van der Waals surface area contributed by atoms with Crippen molar-refractivity contribution >= 4 is 5.97 Å². The molecule has 1 atom stereocenters. The number of hydrogen-bond acceptors (Lipinski definition) is 2. The van der Waals surface area contributed by atoms with E-state index in [9.17, 15) is 4.79 Å². The average molecular weight is 261 g/mol. The molecule has 0 aliphatic heterocycles. The Labute approximate surface area is 115 Å². The lowest BCUT2D eigenvalue weighted by atomic mass is 9.80. The molecule has 0 unspecified atom stereocenters. The van der Waals surface area contributed by atoms with Crippen molar-refractivity contribution < 1.29 is 9.90 Å². The fourth-order valence-electron chi connectivity index (χ4n) is 2.49. The second-order valence-corrected chi connectivity index (χ2v) is 5.81. The van der Waals surface area contributed by atoms with E-state index in [0.29, 0.717) is 6.54 Å². The van der Waals surface area contributed by atoms with Crippen LogP contribution in [0.4, 0.5) is 0 Å². The molecule has 104 valence electrons. The van der Waals surface area contributed by atoms with Gasteiger partial charge in [-0.3, -0.25) is 4.79 Å². The number of carboxylic acid groups (broad SMARTS) is 1. The lowest BCUT2D eigenvalue weighted by Gasteiger charge is -2.26. The van der Waals surface area contributed by atoms with Gasteiger partial charge in [-0.15, -0.1) is 0 Å². The Morgan fingerprint density at radius 2 is 1.95 bits per heavy atom. The zero-order chi connectivity index (χ0) is 13.8. The predicted octanol–water partition coefficient (Wildman–Crippen LogP) is 3.15. The largest absolute Gasteiger partial charge is 0.480 e. The molecule has 1 aliphatic rings. The number of nitrogens with one attached hydrogen (secondary N) is 1. The number of rotatable bonds is 6. The third kappa shape index (κ3) is 3.57. The molecule has 1 aliphatic carbocycles. The molecule has 0 saturated heterocycles. The van der Waals surface area contributed by atoms with E-state index >= 15 is 0 Å². The second kappa shape index (κ2) is 6.20. The molecule has 1 aromatic rings. The molecule has 1 fully saturated rings. The van der Waals surface area contributed by atoms with Gasteiger partial charge in [0.1, 0.15) is 6.04 Å². The standard InChI is InChI=1S/C16H23NO2/c1-11(2)15(16(18)19)17-10-12-6-8-14(9-7-12)13-4-3-5-13/h6-9,11,13,15,17H,3-5,10H2,1-2H3,(H,18,19)/t15-/m1/s1. The molecule has 0 spiro atoms. The van der Waals surface area contributed by atoms with Crippen LogP contribution in [0.2, 0.25) is 0 Å². The molecule has 0 bridgehead atoms. The molecule has 19 heavy (non-hydrogen) atoms. The van der Waals surface area contributed by atoms with Crippen molar-refractivity contribution in [1.82, 2.24) is 5.32 Å². The highest BCUT2D eigenvalue weighted by atomic mass is 16.4. The first kappa shape index (κ1) is 14.1. The summed E-state index contributed by atoms with van der Waals surface area (Å²) in [5, 5.41) is 12.2. The van der Waals surface area contributed by atoms with Crippen LogP contribution in [0, 0.1) is 5.92 Å². The van der Waals surface area contributed by atoms with Crippen molar-refractivity contribution in [3.05, 3.63) is 35.4 Å². The van der Waals surface area contributed by atoms with Crippen LogP contribution in [-0.4, -0.2) is 17.1 Å². The maximum Gasteiger partial charge on any atom is 0.320 e. The van der Waals surface area contributed by atoms with Gasteiger partial charge in [-0.25, -0.2) is 0 Å². The van der Waals surface area contributed by atoms with Crippen LogP contribution >= 0.6 is 0 Å². The minimum Gasteiger partial charge on any atom is -0.480 e. The van der Waals surface area contributed by atoms with Gasteiger partial charge in [0.2, 0.25) is 0 Å². The summed E-state index contributed by atoms with van der Waals surface area (Å²) in [4.78, 5) is 11.1. The number of carboxylic acids is 1. The van der Waals surface area contributed by atoms with Crippen molar-refractivity contribution in [3.63, 3.8) is 0 Å². The zero-order valence-electron chi connectivity index (χ0n) is 11.7. The third-order valence-electron chi connectivity index (χ3n) is 4.02. The lowest BCUT2D eigenvalue weighted by Crippen LogP contribution is -2.40. The van der Waals surface area contributed by atoms with Gasteiger partial charge in [0, 0.05) is 6.54 Å². The Balaban J connectivity index is 1.90. The van der Waals surface area contributed by atoms with Crippen LogP contribution in [0.1, 0.15) is 50.2 Å². The highest BCUT2D eigenvalue weighted by Gasteiger charge is 2.21. The number of carbonyl (C=O) groups is 1. The molecule has 1 aromatic carbocycles. The van der Waals surface area contributed by atoms with E-state index in [2.05, 4.69) is 29.6 Å². The normalized spacial score (nSPS) is 17.2. The highest BCUT2D eigenvalue weighted by molar-refractivity contribution is 5.73. The number of hydrogen-bond donors (Lipinski definition) is 2.